The second kappa shape index (κ2) is 7.68. The summed E-state index contributed by atoms with van der Waals surface area (Å²) in [7, 11) is 0. The fourth-order valence-electron chi connectivity index (χ4n) is 3.52. The Morgan fingerprint density at radius 1 is 1.00 bits per heavy atom. The summed E-state index contributed by atoms with van der Waals surface area (Å²) in [5.74, 6) is 0. The Bertz CT molecular complexity index is 512. The van der Waals surface area contributed by atoms with E-state index in [0.29, 0.717) is 0 Å². The number of aliphatic hydroxyl groups is 1. The lowest BCUT2D eigenvalue weighted by atomic mass is 9.93. The molecule has 1 heterocycles. The normalized spacial score (nSPS) is 25.0. The third-order valence-corrected chi connectivity index (χ3v) is 4.89. The second-order valence-electron chi connectivity index (χ2n) is 6.65. The quantitative estimate of drug-likeness (QED) is 0.802. The van der Waals surface area contributed by atoms with Gasteiger partial charge in [0.1, 0.15) is 0 Å². The second-order valence-corrected chi connectivity index (χ2v) is 6.65. The topological polar surface area (TPSA) is 64.6 Å². The molecule has 2 amide bonds. The molecule has 1 saturated heterocycles. The van der Waals surface area contributed by atoms with Crippen LogP contribution in [0.5, 0.6) is 0 Å². The molecule has 0 radical (unpaired) electrons. The average molecular weight is 317 g/mol. The van der Waals surface area contributed by atoms with Crippen LogP contribution in [-0.4, -0.2) is 36.4 Å². The number of hydrogen-bond donors (Lipinski definition) is 3. The van der Waals surface area contributed by atoms with E-state index in [2.05, 4.69) is 27.7 Å². The number of hydrogen-bond acceptors (Lipinski definition) is 3. The van der Waals surface area contributed by atoms with E-state index in [-0.39, 0.29) is 12.1 Å². The summed E-state index contributed by atoms with van der Waals surface area (Å²) >= 11 is 0. The fourth-order valence-corrected chi connectivity index (χ4v) is 3.52. The van der Waals surface area contributed by atoms with E-state index in [4.69, 9.17) is 0 Å². The first-order valence-electron chi connectivity index (χ1n) is 8.83. The maximum Gasteiger partial charge on any atom is 0.319 e. The molecule has 2 atom stereocenters. The Hall–Kier alpha value is -1.75. The van der Waals surface area contributed by atoms with E-state index in [1.165, 1.54) is 24.9 Å². The summed E-state index contributed by atoms with van der Waals surface area (Å²) in [6, 6.07) is 7.66. The highest BCUT2D eigenvalue weighted by Crippen LogP contribution is 2.22. The molecule has 3 N–H and O–H groups in total. The molecule has 3 rings (SSSR count). The number of benzene rings is 1. The van der Waals surface area contributed by atoms with Crippen LogP contribution in [-0.2, 0) is 0 Å². The number of piperidine rings is 1. The lowest BCUT2D eigenvalue weighted by Crippen LogP contribution is -2.46. The molecule has 1 aliphatic heterocycles. The summed E-state index contributed by atoms with van der Waals surface area (Å²) in [5, 5.41) is 15.7. The van der Waals surface area contributed by atoms with Crippen LogP contribution in [0.2, 0.25) is 0 Å². The number of aliphatic hydroxyl groups excluding tert-OH is 1. The number of carbonyl (C=O) groups excluding carboxylic acids is 1. The molecule has 126 valence electrons. The van der Waals surface area contributed by atoms with Crippen molar-refractivity contribution in [1.82, 2.24) is 5.32 Å². The molecule has 1 saturated carbocycles. The van der Waals surface area contributed by atoms with Crippen molar-refractivity contribution < 1.29 is 9.90 Å². The molecule has 0 aromatic heterocycles. The van der Waals surface area contributed by atoms with E-state index < -0.39 is 6.10 Å². The van der Waals surface area contributed by atoms with Crippen LogP contribution in [0.3, 0.4) is 0 Å². The standard InChI is InChI=1S/C18H27N3O2/c22-17-7-3-2-6-16(17)20-18(23)19-14-8-10-15(11-9-14)21-12-4-1-5-13-21/h8-11,16-17,22H,1-7,12-13H2,(H2,19,20,23). The highest BCUT2D eigenvalue weighted by molar-refractivity contribution is 5.89. The summed E-state index contributed by atoms with van der Waals surface area (Å²) in [6.45, 7) is 2.24. The number of nitrogens with one attached hydrogen (secondary N) is 2. The van der Waals surface area contributed by atoms with Gasteiger partial charge in [-0.05, 0) is 56.4 Å². The van der Waals surface area contributed by atoms with Gasteiger partial charge in [-0.15, -0.1) is 0 Å². The number of carbonyl (C=O) groups is 1. The number of nitrogens with zero attached hydrogens (tertiary/aromatic N) is 1. The highest BCUT2D eigenvalue weighted by Gasteiger charge is 2.24. The molecule has 2 fully saturated rings. The molecule has 5 nitrogen and oxygen atoms in total. The summed E-state index contributed by atoms with van der Waals surface area (Å²) < 4.78 is 0. The Kier molecular flexibility index (Phi) is 5.39. The van der Waals surface area contributed by atoms with Gasteiger partial charge in [0, 0.05) is 24.5 Å². The number of amides is 2. The van der Waals surface area contributed by atoms with Crippen molar-refractivity contribution in [1.29, 1.82) is 0 Å². The van der Waals surface area contributed by atoms with Crippen LogP contribution in [0, 0.1) is 0 Å². The molecule has 5 heteroatoms. The van der Waals surface area contributed by atoms with Gasteiger partial charge in [-0.2, -0.15) is 0 Å². The van der Waals surface area contributed by atoms with Crippen LogP contribution in [0.4, 0.5) is 16.2 Å². The monoisotopic (exact) mass is 317 g/mol. The highest BCUT2D eigenvalue weighted by atomic mass is 16.3. The largest absolute Gasteiger partial charge is 0.391 e. The maximum atomic E-state index is 12.1. The molecular weight excluding hydrogens is 290 g/mol. The number of rotatable bonds is 3. The van der Waals surface area contributed by atoms with Crippen LogP contribution in [0.15, 0.2) is 24.3 Å². The summed E-state index contributed by atoms with van der Waals surface area (Å²) in [5.41, 5.74) is 2.01. The van der Waals surface area contributed by atoms with Crippen molar-refractivity contribution in [2.75, 3.05) is 23.3 Å². The minimum atomic E-state index is -0.420. The molecule has 23 heavy (non-hydrogen) atoms. The van der Waals surface area contributed by atoms with E-state index in [0.717, 1.165) is 44.5 Å². The summed E-state index contributed by atoms with van der Waals surface area (Å²) in [4.78, 5) is 14.5. The van der Waals surface area contributed by atoms with Crippen molar-refractivity contribution in [3.63, 3.8) is 0 Å². The van der Waals surface area contributed by atoms with Gasteiger partial charge in [-0.25, -0.2) is 4.79 Å². The van der Waals surface area contributed by atoms with Gasteiger partial charge in [0.15, 0.2) is 0 Å². The van der Waals surface area contributed by atoms with Crippen molar-refractivity contribution in [2.24, 2.45) is 0 Å². The van der Waals surface area contributed by atoms with Gasteiger partial charge < -0.3 is 20.6 Å². The van der Waals surface area contributed by atoms with E-state index in [9.17, 15) is 9.90 Å². The predicted octanol–water partition coefficient (Wildman–Crippen LogP) is 3.10. The Morgan fingerprint density at radius 3 is 2.39 bits per heavy atom. The first-order valence-corrected chi connectivity index (χ1v) is 8.83. The van der Waals surface area contributed by atoms with E-state index in [1.54, 1.807) is 0 Å². The van der Waals surface area contributed by atoms with Gasteiger partial charge in [0.05, 0.1) is 12.1 Å². The zero-order valence-electron chi connectivity index (χ0n) is 13.6. The first kappa shape index (κ1) is 16.1. The van der Waals surface area contributed by atoms with Crippen molar-refractivity contribution in [2.45, 2.75) is 57.1 Å². The minimum Gasteiger partial charge on any atom is -0.391 e. The molecule has 2 unspecified atom stereocenters. The predicted molar refractivity (Wildman–Crippen MR) is 92.9 cm³/mol. The Balaban J connectivity index is 1.52. The van der Waals surface area contributed by atoms with Gasteiger partial charge in [0.25, 0.3) is 0 Å². The summed E-state index contributed by atoms with van der Waals surface area (Å²) in [6.07, 6.45) is 7.14. The Labute approximate surface area is 138 Å². The van der Waals surface area contributed by atoms with Crippen LogP contribution in [0.1, 0.15) is 44.9 Å². The van der Waals surface area contributed by atoms with Crippen LogP contribution < -0.4 is 15.5 Å². The zero-order chi connectivity index (χ0) is 16.1. The molecule has 1 aromatic rings. The van der Waals surface area contributed by atoms with Crippen LogP contribution in [0.25, 0.3) is 0 Å². The minimum absolute atomic E-state index is 0.128. The molecule has 0 spiro atoms. The van der Waals surface area contributed by atoms with E-state index >= 15 is 0 Å². The SMILES string of the molecule is O=C(Nc1ccc(N2CCCCC2)cc1)NC1CCCCC1O. The van der Waals surface area contributed by atoms with Crippen molar-refractivity contribution >= 4 is 17.4 Å². The number of anilines is 2. The average Bonchev–Trinajstić information content (AvgIpc) is 2.58. The van der Waals surface area contributed by atoms with Gasteiger partial charge in [-0.3, -0.25) is 0 Å². The smallest absolute Gasteiger partial charge is 0.319 e. The zero-order valence-corrected chi connectivity index (χ0v) is 13.6. The first-order chi connectivity index (χ1) is 11.2. The molecule has 1 aliphatic carbocycles. The van der Waals surface area contributed by atoms with Crippen molar-refractivity contribution in [3.05, 3.63) is 24.3 Å². The van der Waals surface area contributed by atoms with Gasteiger partial charge in [0.2, 0.25) is 0 Å². The molecule has 0 bridgehead atoms. The maximum absolute atomic E-state index is 12.1. The fraction of sp³-hybridized carbons (Fsp3) is 0.611. The Morgan fingerprint density at radius 2 is 1.70 bits per heavy atom. The number of urea groups is 1. The lowest BCUT2D eigenvalue weighted by Gasteiger charge is -2.29. The van der Waals surface area contributed by atoms with Gasteiger partial charge in [-0.1, -0.05) is 12.8 Å². The third-order valence-electron chi connectivity index (χ3n) is 4.89. The van der Waals surface area contributed by atoms with Gasteiger partial charge >= 0.3 is 6.03 Å². The van der Waals surface area contributed by atoms with Crippen molar-refractivity contribution in [3.8, 4) is 0 Å². The molecular formula is C18H27N3O2. The third kappa shape index (κ3) is 4.38. The van der Waals surface area contributed by atoms with Crippen LogP contribution >= 0.6 is 0 Å². The lowest BCUT2D eigenvalue weighted by molar-refractivity contribution is 0.0955. The molecule has 1 aromatic carbocycles. The van der Waals surface area contributed by atoms with E-state index in [1.807, 2.05) is 12.1 Å². The molecule has 2 aliphatic rings.